The number of hydrogen-bond acceptors (Lipinski definition) is 4. The first-order valence-corrected chi connectivity index (χ1v) is 10.2. The highest BCUT2D eigenvalue weighted by Crippen LogP contribution is 2.30. The van der Waals surface area contributed by atoms with E-state index in [0.717, 1.165) is 24.8 Å². The van der Waals surface area contributed by atoms with E-state index < -0.39 is 12.0 Å². The third-order valence-electron chi connectivity index (χ3n) is 6.01. The first-order chi connectivity index (χ1) is 13.8. The van der Waals surface area contributed by atoms with Gasteiger partial charge in [0.05, 0.1) is 12.1 Å². The van der Waals surface area contributed by atoms with Crippen molar-refractivity contribution in [3.05, 3.63) is 53.3 Å². The van der Waals surface area contributed by atoms with Crippen molar-refractivity contribution < 1.29 is 14.7 Å². The van der Waals surface area contributed by atoms with Crippen LogP contribution in [0.2, 0.25) is 0 Å². The molecule has 1 fully saturated rings. The Morgan fingerprint density at radius 3 is 2.66 bits per heavy atom. The molecule has 1 aromatic carbocycles. The summed E-state index contributed by atoms with van der Waals surface area (Å²) in [5.41, 5.74) is 6.89. The average molecular weight is 399 g/mol. The zero-order chi connectivity index (χ0) is 21.1. The number of aliphatic hydroxyl groups excluding tert-OH is 1. The van der Waals surface area contributed by atoms with Crippen LogP contribution in [0.3, 0.4) is 0 Å². The molecule has 0 spiro atoms. The van der Waals surface area contributed by atoms with Crippen LogP contribution in [0.1, 0.15) is 65.7 Å². The molecule has 1 aromatic heterocycles. The van der Waals surface area contributed by atoms with Gasteiger partial charge < -0.3 is 15.7 Å². The summed E-state index contributed by atoms with van der Waals surface area (Å²) in [5.74, 6) is -0.617. The molecule has 156 valence electrons. The van der Waals surface area contributed by atoms with Crippen LogP contribution in [-0.2, 0) is 0 Å². The SMILES string of the molecule is C[C@H]1CCC[C@@H](CN(C)C(=O)c2cc(C(N)=O)n([C@@H](C)c3ccccc3)n2)[C@@H]1O. The minimum absolute atomic E-state index is 0.0497. The van der Waals surface area contributed by atoms with Gasteiger partial charge in [0.2, 0.25) is 0 Å². The second kappa shape index (κ2) is 8.78. The Morgan fingerprint density at radius 1 is 1.31 bits per heavy atom. The molecule has 2 amide bonds. The molecular weight excluding hydrogens is 368 g/mol. The van der Waals surface area contributed by atoms with Crippen LogP contribution in [0, 0.1) is 11.8 Å². The Kier molecular flexibility index (Phi) is 6.37. The van der Waals surface area contributed by atoms with Crippen LogP contribution < -0.4 is 5.73 Å². The molecule has 1 aliphatic carbocycles. The van der Waals surface area contributed by atoms with Crippen LogP contribution in [0.5, 0.6) is 0 Å². The van der Waals surface area contributed by atoms with Crippen LogP contribution in [-0.4, -0.2) is 51.3 Å². The van der Waals surface area contributed by atoms with Gasteiger partial charge in [-0.25, -0.2) is 0 Å². The smallest absolute Gasteiger partial charge is 0.274 e. The lowest BCUT2D eigenvalue weighted by molar-refractivity contribution is 0.0120. The van der Waals surface area contributed by atoms with E-state index in [4.69, 9.17) is 5.73 Å². The van der Waals surface area contributed by atoms with Gasteiger partial charge in [0.25, 0.3) is 11.8 Å². The first kappa shape index (κ1) is 21.0. The summed E-state index contributed by atoms with van der Waals surface area (Å²) < 4.78 is 1.51. The van der Waals surface area contributed by atoms with E-state index >= 15 is 0 Å². The number of hydrogen-bond donors (Lipinski definition) is 2. The highest BCUT2D eigenvalue weighted by molar-refractivity contribution is 5.97. The van der Waals surface area contributed by atoms with E-state index in [-0.39, 0.29) is 35.2 Å². The third-order valence-corrected chi connectivity index (χ3v) is 6.01. The highest BCUT2D eigenvalue weighted by atomic mass is 16.3. The number of amides is 2. The van der Waals surface area contributed by atoms with Crippen LogP contribution in [0.25, 0.3) is 0 Å². The lowest BCUT2D eigenvalue weighted by Gasteiger charge is -2.35. The summed E-state index contributed by atoms with van der Waals surface area (Å²) in [5, 5.41) is 14.9. The summed E-state index contributed by atoms with van der Waals surface area (Å²) >= 11 is 0. The Hall–Kier alpha value is -2.67. The van der Waals surface area contributed by atoms with Gasteiger partial charge in [0, 0.05) is 25.6 Å². The molecule has 0 radical (unpaired) electrons. The van der Waals surface area contributed by atoms with E-state index in [9.17, 15) is 14.7 Å². The van der Waals surface area contributed by atoms with E-state index in [1.165, 1.54) is 10.7 Å². The maximum absolute atomic E-state index is 13.0. The van der Waals surface area contributed by atoms with Gasteiger partial charge in [0.1, 0.15) is 5.69 Å². The predicted molar refractivity (Wildman–Crippen MR) is 110 cm³/mol. The molecule has 7 heteroatoms. The number of benzene rings is 1. The van der Waals surface area contributed by atoms with Crippen molar-refractivity contribution in [2.75, 3.05) is 13.6 Å². The van der Waals surface area contributed by atoms with Gasteiger partial charge in [-0.05, 0) is 31.2 Å². The van der Waals surface area contributed by atoms with Crippen molar-refractivity contribution in [3.8, 4) is 0 Å². The summed E-state index contributed by atoms with van der Waals surface area (Å²) in [6.07, 6.45) is 2.56. The molecule has 1 saturated carbocycles. The van der Waals surface area contributed by atoms with Crippen LogP contribution in [0.15, 0.2) is 36.4 Å². The number of primary amides is 1. The molecule has 0 unspecified atom stereocenters. The maximum atomic E-state index is 13.0. The van der Waals surface area contributed by atoms with Crippen molar-refractivity contribution in [1.82, 2.24) is 14.7 Å². The molecule has 1 heterocycles. The molecule has 3 rings (SSSR count). The largest absolute Gasteiger partial charge is 0.392 e. The third kappa shape index (κ3) is 4.50. The molecule has 3 N–H and O–H groups in total. The molecule has 7 nitrogen and oxygen atoms in total. The van der Waals surface area contributed by atoms with Gasteiger partial charge in [-0.15, -0.1) is 0 Å². The lowest BCUT2D eigenvalue weighted by atomic mass is 9.79. The Balaban J connectivity index is 1.81. The maximum Gasteiger partial charge on any atom is 0.274 e. The molecule has 0 saturated heterocycles. The molecular formula is C22H30N4O3. The fourth-order valence-corrected chi connectivity index (χ4v) is 4.19. The number of carbonyl (C=O) groups is 2. The number of aliphatic hydroxyl groups is 1. The van der Waals surface area contributed by atoms with Crippen molar-refractivity contribution in [3.63, 3.8) is 0 Å². The summed E-state index contributed by atoms with van der Waals surface area (Å²) in [4.78, 5) is 26.5. The van der Waals surface area contributed by atoms with E-state index in [2.05, 4.69) is 5.10 Å². The lowest BCUT2D eigenvalue weighted by Crippen LogP contribution is -2.41. The summed E-state index contributed by atoms with van der Waals surface area (Å²) in [6.45, 7) is 4.41. The predicted octanol–water partition coefficient (Wildman–Crippen LogP) is 2.46. The number of carbonyl (C=O) groups excluding carboxylic acids is 2. The van der Waals surface area contributed by atoms with Gasteiger partial charge in [-0.2, -0.15) is 5.10 Å². The average Bonchev–Trinajstić information content (AvgIpc) is 3.16. The quantitative estimate of drug-likeness (QED) is 0.780. The number of nitrogens with zero attached hydrogens (tertiary/aromatic N) is 3. The fraction of sp³-hybridized carbons (Fsp3) is 0.500. The summed E-state index contributed by atoms with van der Waals surface area (Å²) in [7, 11) is 1.71. The van der Waals surface area contributed by atoms with E-state index in [1.54, 1.807) is 11.9 Å². The van der Waals surface area contributed by atoms with Gasteiger partial charge >= 0.3 is 0 Å². The zero-order valence-corrected chi connectivity index (χ0v) is 17.3. The zero-order valence-electron chi connectivity index (χ0n) is 17.3. The molecule has 4 atom stereocenters. The minimum atomic E-state index is -0.626. The Bertz CT molecular complexity index is 864. The molecule has 0 bridgehead atoms. The molecule has 1 aliphatic rings. The van der Waals surface area contributed by atoms with Crippen molar-refractivity contribution in [2.45, 2.75) is 45.3 Å². The number of aromatic nitrogens is 2. The summed E-state index contributed by atoms with van der Waals surface area (Å²) in [6, 6.07) is 10.8. The fourth-order valence-electron chi connectivity index (χ4n) is 4.19. The molecule has 0 aliphatic heterocycles. The van der Waals surface area contributed by atoms with Crippen LogP contribution in [0.4, 0.5) is 0 Å². The minimum Gasteiger partial charge on any atom is -0.392 e. The van der Waals surface area contributed by atoms with Crippen molar-refractivity contribution in [1.29, 1.82) is 0 Å². The van der Waals surface area contributed by atoms with Crippen molar-refractivity contribution >= 4 is 11.8 Å². The first-order valence-electron chi connectivity index (χ1n) is 10.2. The number of nitrogens with two attached hydrogens (primary N) is 1. The standard InChI is InChI=1S/C22H30N4O3/c1-14-8-7-11-17(20(14)27)13-25(3)22(29)18-12-19(21(23)28)26(24-18)15(2)16-9-5-4-6-10-16/h4-6,9-10,12,14-15,17,20,27H,7-8,11,13H2,1-3H3,(H2,23,28)/t14-,15-,17-,20+/m0/s1. The monoisotopic (exact) mass is 398 g/mol. The highest BCUT2D eigenvalue weighted by Gasteiger charge is 2.31. The van der Waals surface area contributed by atoms with Gasteiger partial charge in [-0.3, -0.25) is 14.3 Å². The second-order valence-corrected chi connectivity index (χ2v) is 8.15. The van der Waals surface area contributed by atoms with E-state index in [0.29, 0.717) is 6.54 Å². The van der Waals surface area contributed by atoms with Crippen molar-refractivity contribution in [2.24, 2.45) is 17.6 Å². The second-order valence-electron chi connectivity index (χ2n) is 8.15. The number of rotatable bonds is 6. The Labute approximate surface area is 171 Å². The molecule has 29 heavy (non-hydrogen) atoms. The Morgan fingerprint density at radius 2 is 2.00 bits per heavy atom. The molecule has 2 aromatic rings. The van der Waals surface area contributed by atoms with Crippen LogP contribution >= 0.6 is 0 Å². The van der Waals surface area contributed by atoms with E-state index in [1.807, 2.05) is 44.2 Å². The van der Waals surface area contributed by atoms with Gasteiger partial charge in [0.15, 0.2) is 5.69 Å². The normalized spacial score (nSPS) is 22.8. The topological polar surface area (TPSA) is 101 Å². The van der Waals surface area contributed by atoms with Gasteiger partial charge in [-0.1, -0.05) is 43.7 Å².